The largest absolute Gasteiger partial charge is 0.418 e. The third kappa shape index (κ3) is 2.58. The molecule has 19 heavy (non-hydrogen) atoms. The first-order valence-electron chi connectivity index (χ1n) is 5.59. The van der Waals surface area contributed by atoms with Crippen LogP contribution in [0.3, 0.4) is 0 Å². The quantitative estimate of drug-likeness (QED) is 0.834. The number of rotatable bonds is 2. The summed E-state index contributed by atoms with van der Waals surface area (Å²) in [5, 5.41) is 7.39. The highest BCUT2D eigenvalue weighted by molar-refractivity contribution is 6.28. The predicted molar refractivity (Wildman–Crippen MR) is 65.5 cm³/mol. The Morgan fingerprint density at radius 3 is 2.37 bits per heavy atom. The van der Waals surface area contributed by atoms with Gasteiger partial charge in [0.25, 0.3) is 0 Å². The summed E-state index contributed by atoms with van der Waals surface area (Å²) >= 11 is 5.87. The molecule has 0 saturated heterocycles. The van der Waals surface area contributed by atoms with Gasteiger partial charge in [-0.25, -0.2) is 0 Å². The summed E-state index contributed by atoms with van der Waals surface area (Å²) in [5.41, 5.74) is -0.827. The van der Waals surface area contributed by atoms with Crippen LogP contribution in [0.2, 0.25) is 5.28 Å². The van der Waals surface area contributed by atoms with Gasteiger partial charge in [-0.15, -0.1) is 10.2 Å². The lowest BCUT2D eigenvalue weighted by Gasteiger charge is -2.16. The molecule has 0 N–H and O–H groups in total. The molecule has 0 atom stereocenters. The lowest BCUT2D eigenvalue weighted by Crippen LogP contribution is -2.13. The van der Waals surface area contributed by atoms with Crippen molar-refractivity contribution >= 4 is 11.6 Å². The molecule has 0 fully saturated rings. The molecule has 0 aliphatic carbocycles. The maximum absolute atomic E-state index is 13.0. The summed E-state index contributed by atoms with van der Waals surface area (Å²) in [6.07, 6.45) is -4.46. The smallest absolute Gasteiger partial charge is 0.269 e. The first-order valence-corrected chi connectivity index (χ1v) is 5.97. The summed E-state index contributed by atoms with van der Waals surface area (Å²) in [5.74, 6) is 0.294. The highest BCUT2D eigenvalue weighted by Gasteiger charge is 2.34. The molecule has 3 nitrogen and oxygen atoms in total. The van der Waals surface area contributed by atoms with Gasteiger partial charge in [-0.3, -0.25) is 4.57 Å². The number of aromatic nitrogens is 3. The molecule has 0 aliphatic heterocycles. The monoisotopic (exact) mass is 289 g/mol. The van der Waals surface area contributed by atoms with Crippen molar-refractivity contribution in [2.75, 3.05) is 0 Å². The molecular weight excluding hydrogens is 279 g/mol. The Hall–Kier alpha value is -1.56. The Balaban J connectivity index is 2.70. The van der Waals surface area contributed by atoms with E-state index in [1.54, 1.807) is 0 Å². The molecule has 1 aromatic carbocycles. The van der Waals surface area contributed by atoms with Crippen molar-refractivity contribution in [1.29, 1.82) is 0 Å². The summed E-state index contributed by atoms with van der Waals surface area (Å²) in [6.45, 7) is 3.63. The zero-order valence-corrected chi connectivity index (χ0v) is 11.0. The Kier molecular flexibility index (Phi) is 3.54. The Bertz CT molecular complexity index is 590. The van der Waals surface area contributed by atoms with E-state index in [1.807, 2.05) is 13.8 Å². The van der Waals surface area contributed by atoms with Crippen LogP contribution in [0.1, 0.15) is 31.2 Å². The highest BCUT2D eigenvalue weighted by Crippen LogP contribution is 2.35. The van der Waals surface area contributed by atoms with Gasteiger partial charge in [0.2, 0.25) is 5.28 Å². The molecule has 1 heterocycles. The molecule has 0 amide bonds. The van der Waals surface area contributed by atoms with E-state index in [0.29, 0.717) is 5.82 Å². The molecule has 0 unspecified atom stereocenters. The van der Waals surface area contributed by atoms with Crippen molar-refractivity contribution < 1.29 is 13.2 Å². The molecule has 0 spiro atoms. The molecule has 7 heteroatoms. The van der Waals surface area contributed by atoms with E-state index >= 15 is 0 Å². The summed E-state index contributed by atoms with van der Waals surface area (Å²) < 4.78 is 40.3. The predicted octanol–water partition coefficient (Wildman–Crippen LogP) is 4.06. The second kappa shape index (κ2) is 4.85. The van der Waals surface area contributed by atoms with Crippen LogP contribution >= 0.6 is 11.6 Å². The van der Waals surface area contributed by atoms with Crippen molar-refractivity contribution in [3.63, 3.8) is 0 Å². The first-order chi connectivity index (χ1) is 8.82. The fourth-order valence-electron chi connectivity index (χ4n) is 1.78. The van der Waals surface area contributed by atoms with Crippen LogP contribution in [0.25, 0.3) is 5.69 Å². The minimum atomic E-state index is -4.46. The maximum Gasteiger partial charge on any atom is 0.418 e. The van der Waals surface area contributed by atoms with Crippen LogP contribution in [0.15, 0.2) is 24.3 Å². The van der Waals surface area contributed by atoms with E-state index < -0.39 is 11.7 Å². The van der Waals surface area contributed by atoms with Crippen LogP contribution in [-0.2, 0) is 6.18 Å². The van der Waals surface area contributed by atoms with Gasteiger partial charge in [-0.1, -0.05) is 26.0 Å². The molecule has 102 valence electrons. The number of hydrogen-bond acceptors (Lipinski definition) is 2. The van der Waals surface area contributed by atoms with Crippen molar-refractivity contribution in [2.24, 2.45) is 0 Å². The van der Waals surface area contributed by atoms with Gasteiger partial charge in [0.15, 0.2) is 0 Å². The Morgan fingerprint density at radius 2 is 1.79 bits per heavy atom. The van der Waals surface area contributed by atoms with Crippen molar-refractivity contribution in [3.05, 3.63) is 40.9 Å². The lowest BCUT2D eigenvalue weighted by molar-refractivity contribution is -0.137. The maximum atomic E-state index is 13.0. The number of nitrogens with zero attached hydrogens (tertiary/aromatic N) is 3. The van der Waals surface area contributed by atoms with E-state index in [0.717, 1.165) is 6.07 Å². The molecule has 2 rings (SSSR count). The number of para-hydroxylation sites is 1. The van der Waals surface area contributed by atoms with Gasteiger partial charge in [0.05, 0.1) is 11.3 Å². The standard InChI is InChI=1S/C12H11ClF3N3/c1-7(2)10-17-18-11(13)19(10)9-6-4-3-5-8(9)12(14,15)16/h3-7H,1-2H3. The number of alkyl halides is 3. The topological polar surface area (TPSA) is 30.7 Å². The van der Waals surface area contributed by atoms with Gasteiger partial charge in [0, 0.05) is 5.92 Å². The van der Waals surface area contributed by atoms with Crippen molar-refractivity contribution in [2.45, 2.75) is 25.9 Å². The molecule has 1 aromatic heterocycles. The van der Waals surface area contributed by atoms with Crippen LogP contribution in [0, 0.1) is 0 Å². The normalized spacial score (nSPS) is 12.2. The fraction of sp³-hybridized carbons (Fsp3) is 0.333. The molecular formula is C12H11ClF3N3. The van der Waals surface area contributed by atoms with E-state index in [1.165, 1.54) is 22.8 Å². The van der Waals surface area contributed by atoms with Gasteiger partial charge >= 0.3 is 6.18 Å². The molecule has 2 aromatic rings. The zero-order chi connectivity index (χ0) is 14.2. The summed E-state index contributed by atoms with van der Waals surface area (Å²) in [6, 6.07) is 5.21. The lowest BCUT2D eigenvalue weighted by atomic mass is 10.1. The van der Waals surface area contributed by atoms with Crippen LogP contribution in [0.4, 0.5) is 13.2 Å². The van der Waals surface area contributed by atoms with E-state index in [-0.39, 0.29) is 16.9 Å². The van der Waals surface area contributed by atoms with Gasteiger partial charge < -0.3 is 0 Å². The average molecular weight is 290 g/mol. The van der Waals surface area contributed by atoms with E-state index in [9.17, 15) is 13.2 Å². The number of halogens is 4. The van der Waals surface area contributed by atoms with Crippen molar-refractivity contribution in [3.8, 4) is 5.69 Å². The van der Waals surface area contributed by atoms with Crippen LogP contribution < -0.4 is 0 Å². The minimum Gasteiger partial charge on any atom is -0.269 e. The Labute approximate surface area is 113 Å². The number of benzene rings is 1. The van der Waals surface area contributed by atoms with Gasteiger partial charge in [-0.05, 0) is 23.7 Å². The number of hydrogen-bond donors (Lipinski definition) is 0. The second-order valence-corrected chi connectivity index (χ2v) is 4.67. The first kappa shape index (κ1) is 13.9. The highest BCUT2D eigenvalue weighted by atomic mass is 35.5. The van der Waals surface area contributed by atoms with E-state index in [2.05, 4.69) is 10.2 Å². The molecule has 0 saturated carbocycles. The van der Waals surface area contributed by atoms with Crippen LogP contribution in [-0.4, -0.2) is 14.8 Å². The molecule has 0 radical (unpaired) electrons. The fourth-order valence-corrected chi connectivity index (χ4v) is 2.00. The molecule has 0 bridgehead atoms. The van der Waals surface area contributed by atoms with Crippen molar-refractivity contribution in [1.82, 2.24) is 14.8 Å². The van der Waals surface area contributed by atoms with Gasteiger partial charge in [-0.2, -0.15) is 13.2 Å². The average Bonchev–Trinajstić information content (AvgIpc) is 2.70. The zero-order valence-electron chi connectivity index (χ0n) is 10.2. The van der Waals surface area contributed by atoms with E-state index in [4.69, 9.17) is 11.6 Å². The molecule has 0 aliphatic rings. The summed E-state index contributed by atoms with van der Waals surface area (Å²) in [7, 11) is 0. The van der Waals surface area contributed by atoms with Gasteiger partial charge in [0.1, 0.15) is 5.82 Å². The third-order valence-corrected chi connectivity index (χ3v) is 2.86. The third-order valence-electron chi connectivity index (χ3n) is 2.62. The minimum absolute atomic E-state index is 0.0614. The second-order valence-electron chi connectivity index (χ2n) is 4.33. The van der Waals surface area contributed by atoms with Crippen LogP contribution in [0.5, 0.6) is 0 Å². The summed E-state index contributed by atoms with van der Waals surface area (Å²) in [4.78, 5) is 0. The Morgan fingerprint density at radius 1 is 1.16 bits per heavy atom. The SMILES string of the molecule is CC(C)c1nnc(Cl)n1-c1ccccc1C(F)(F)F.